The fourth-order valence-corrected chi connectivity index (χ4v) is 3.88. The minimum absolute atomic E-state index is 0.209. The van der Waals surface area contributed by atoms with Crippen molar-refractivity contribution in [1.82, 2.24) is 19.7 Å². The van der Waals surface area contributed by atoms with E-state index in [-0.39, 0.29) is 5.56 Å². The van der Waals surface area contributed by atoms with Gasteiger partial charge in [-0.3, -0.25) is 9.67 Å². The van der Waals surface area contributed by atoms with E-state index in [1.54, 1.807) is 0 Å². The fourth-order valence-electron chi connectivity index (χ4n) is 3.88. The Balaban J connectivity index is 1.45. The van der Waals surface area contributed by atoms with E-state index < -0.39 is 5.97 Å². The van der Waals surface area contributed by atoms with Gasteiger partial charge in [0, 0.05) is 31.5 Å². The van der Waals surface area contributed by atoms with Crippen LogP contribution < -0.4 is 5.32 Å². The third-order valence-electron chi connectivity index (χ3n) is 5.70. The molecule has 4 rings (SSSR count). The van der Waals surface area contributed by atoms with Crippen LogP contribution in [0.1, 0.15) is 54.2 Å². The van der Waals surface area contributed by atoms with Gasteiger partial charge in [-0.05, 0) is 38.7 Å². The lowest BCUT2D eigenvalue weighted by Gasteiger charge is -2.41. The van der Waals surface area contributed by atoms with Crippen LogP contribution in [0, 0.1) is 6.92 Å². The second-order valence-electron chi connectivity index (χ2n) is 7.31. The molecule has 26 heavy (non-hydrogen) atoms. The van der Waals surface area contributed by atoms with Crippen molar-refractivity contribution < 1.29 is 9.90 Å². The van der Waals surface area contributed by atoms with Crippen LogP contribution in [0.25, 0.3) is 0 Å². The highest BCUT2D eigenvalue weighted by Crippen LogP contribution is 2.32. The van der Waals surface area contributed by atoms with Crippen LogP contribution >= 0.6 is 0 Å². The summed E-state index contributed by atoms with van der Waals surface area (Å²) >= 11 is 0. The molecule has 2 N–H and O–H groups in total. The summed E-state index contributed by atoms with van der Waals surface area (Å²) < 4.78 is 2.05. The van der Waals surface area contributed by atoms with E-state index in [9.17, 15) is 9.90 Å². The van der Waals surface area contributed by atoms with Gasteiger partial charge in [0.2, 0.25) is 0 Å². The smallest absolute Gasteiger partial charge is 0.337 e. The monoisotopic (exact) mass is 355 g/mol. The van der Waals surface area contributed by atoms with Gasteiger partial charge < -0.3 is 15.3 Å². The number of piperidine rings is 1. The summed E-state index contributed by atoms with van der Waals surface area (Å²) in [6.45, 7) is 4.23. The molecule has 0 bridgehead atoms. The zero-order valence-electron chi connectivity index (χ0n) is 15.1. The van der Waals surface area contributed by atoms with Crippen LogP contribution in [-0.2, 0) is 0 Å². The number of pyridine rings is 1. The summed E-state index contributed by atoms with van der Waals surface area (Å²) in [7, 11) is 0. The van der Waals surface area contributed by atoms with E-state index in [1.165, 1.54) is 37.7 Å². The highest BCUT2D eigenvalue weighted by Gasteiger charge is 2.29. The van der Waals surface area contributed by atoms with Gasteiger partial charge >= 0.3 is 5.97 Å². The minimum atomic E-state index is -0.969. The molecule has 2 aliphatic rings. The average Bonchev–Trinajstić information content (AvgIpc) is 2.95. The summed E-state index contributed by atoms with van der Waals surface area (Å²) in [4.78, 5) is 18.0. The van der Waals surface area contributed by atoms with Gasteiger partial charge in [0.05, 0.1) is 34.9 Å². The number of aromatic carboxylic acids is 1. The standard InChI is InChI=1S/C19H25N5O2/c1-13-18(21-17-11-20-8-5-16(17)19(25)26)12-24(22-13)15-6-9-23(10-7-15)14-3-2-4-14/h5,8,11-12,14-15,21H,2-4,6-7,9-10H2,1H3,(H,25,26). The zero-order chi connectivity index (χ0) is 18.1. The van der Waals surface area contributed by atoms with Crippen molar-refractivity contribution in [2.75, 3.05) is 18.4 Å². The van der Waals surface area contributed by atoms with E-state index in [2.05, 4.69) is 20.3 Å². The Labute approximate surface area is 153 Å². The molecule has 138 valence electrons. The Kier molecular flexibility index (Phi) is 4.63. The molecule has 7 nitrogen and oxygen atoms in total. The van der Waals surface area contributed by atoms with Crippen molar-refractivity contribution in [3.63, 3.8) is 0 Å². The highest BCUT2D eigenvalue weighted by atomic mass is 16.4. The van der Waals surface area contributed by atoms with Crippen molar-refractivity contribution >= 4 is 17.3 Å². The van der Waals surface area contributed by atoms with E-state index in [1.807, 2.05) is 17.8 Å². The quantitative estimate of drug-likeness (QED) is 0.857. The van der Waals surface area contributed by atoms with E-state index >= 15 is 0 Å². The number of hydrogen-bond acceptors (Lipinski definition) is 5. The van der Waals surface area contributed by atoms with Crippen LogP contribution in [0.5, 0.6) is 0 Å². The molecule has 1 saturated carbocycles. The first kappa shape index (κ1) is 17.0. The number of aryl methyl sites for hydroxylation is 1. The number of carboxylic acids is 1. The number of nitrogens with zero attached hydrogens (tertiary/aromatic N) is 4. The minimum Gasteiger partial charge on any atom is -0.478 e. The van der Waals surface area contributed by atoms with Crippen molar-refractivity contribution in [2.24, 2.45) is 0 Å². The van der Waals surface area contributed by atoms with Crippen molar-refractivity contribution in [1.29, 1.82) is 0 Å². The van der Waals surface area contributed by atoms with E-state index in [0.717, 1.165) is 43.4 Å². The lowest BCUT2D eigenvalue weighted by Crippen LogP contribution is -2.45. The Morgan fingerprint density at radius 3 is 2.62 bits per heavy atom. The molecule has 1 aliphatic carbocycles. The molecule has 7 heteroatoms. The van der Waals surface area contributed by atoms with Gasteiger partial charge in [-0.1, -0.05) is 6.42 Å². The van der Waals surface area contributed by atoms with Gasteiger partial charge in [-0.25, -0.2) is 4.79 Å². The summed E-state index contributed by atoms with van der Waals surface area (Å²) in [5.41, 5.74) is 2.40. The van der Waals surface area contributed by atoms with Crippen LogP contribution in [0.3, 0.4) is 0 Å². The Hall–Kier alpha value is -2.41. The maximum absolute atomic E-state index is 11.4. The second-order valence-corrected chi connectivity index (χ2v) is 7.31. The van der Waals surface area contributed by atoms with Crippen LogP contribution in [0.2, 0.25) is 0 Å². The molecule has 0 unspecified atom stereocenters. The molecule has 0 radical (unpaired) electrons. The zero-order valence-corrected chi connectivity index (χ0v) is 15.1. The Bertz CT molecular complexity index is 791. The Morgan fingerprint density at radius 1 is 1.19 bits per heavy atom. The van der Waals surface area contributed by atoms with E-state index in [4.69, 9.17) is 0 Å². The van der Waals surface area contributed by atoms with Crippen LogP contribution in [0.15, 0.2) is 24.7 Å². The number of rotatable bonds is 5. The predicted molar refractivity (Wildman–Crippen MR) is 98.9 cm³/mol. The SMILES string of the molecule is Cc1nn(C2CCN(C3CCC3)CC2)cc1Nc1cnccc1C(=O)O. The highest BCUT2D eigenvalue weighted by molar-refractivity contribution is 5.94. The summed E-state index contributed by atoms with van der Waals surface area (Å²) in [5.74, 6) is -0.969. The molecule has 2 fully saturated rings. The van der Waals surface area contributed by atoms with Crippen LogP contribution in [0.4, 0.5) is 11.4 Å². The normalized spacial score (nSPS) is 19.3. The predicted octanol–water partition coefficient (Wildman–Crippen LogP) is 3.22. The summed E-state index contributed by atoms with van der Waals surface area (Å²) in [5, 5.41) is 17.2. The summed E-state index contributed by atoms with van der Waals surface area (Å²) in [6, 6.07) is 2.72. The molecule has 3 heterocycles. The van der Waals surface area contributed by atoms with Crippen LogP contribution in [-0.4, -0.2) is 49.9 Å². The molecular weight excluding hydrogens is 330 g/mol. The number of aromatic nitrogens is 3. The largest absolute Gasteiger partial charge is 0.478 e. The maximum atomic E-state index is 11.4. The van der Waals surface area contributed by atoms with Gasteiger partial charge in [-0.15, -0.1) is 0 Å². The number of nitrogens with one attached hydrogen (secondary N) is 1. The third-order valence-corrected chi connectivity index (χ3v) is 5.70. The molecular formula is C19H25N5O2. The number of carbonyl (C=O) groups is 1. The molecule has 2 aromatic heterocycles. The number of likely N-dealkylation sites (tertiary alicyclic amines) is 1. The molecule has 1 aliphatic heterocycles. The average molecular weight is 355 g/mol. The lowest BCUT2D eigenvalue weighted by atomic mass is 9.89. The number of anilines is 2. The lowest BCUT2D eigenvalue weighted by molar-refractivity contribution is 0.0698. The molecule has 2 aromatic rings. The first-order chi connectivity index (χ1) is 12.6. The first-order valence-corrected chi connectivity index (χ1v) is 9.36. The van der Waals surface area contributed by atoms with Gasteiger partial charge in [0.15, 0.2) is 0 Å². The topological polar surface area (TPSA) is 83.3 Å². The number of hydrogen-bond donors (Lipinski definition) is 2. The number of carboxylic acid groups (broad SMARTS) is 1. The van der Waals surface area contributed by atoms with E-state index in [0.29, 0.717) is 11.7 Å². The Morgan fingerprint density at radius 2 is 1.96 bits per heavy atom. The molecule has 0 spiro atoms. The molecule has 0 amide bonds. The second kappa shape index (κ2) is 7.07. The van der Waals surface area contributed by atoms with Gasteiger partial charge in [0.1, 0.15) is 0 Å². The van der Waals surface area contributed by atoms with Crippen molar-refractivity contribution in [3.05, 3.63) is 35.9 Å². The van der Waals surface area contributed by atoms with Gasteiger partial charge in [0.25, 0.3) is 0 Å². The van der Waals surface area contributed by atoms with Crippen molar-refractivity contribution in [3.8, 4) is 0 Å². The molecule has 1 saturated heterocycles. The fraction of sp³-hybridized carbons (Fsp3) is 0.526. The molecule has 0 aromatic carbocycles. The third kappa shape index (κ3) is 3.31. The maximum Gasteiger partial charge on any atom is 0.337 e. The van der Waals surface area contributed by atoms with Crippen molar-refractivity contribution in [2.45, 2.75) is 51.1 Å². The first-order valence-electron chi connectivity index (χ1n) is 9.36. The molecule has 0 atom stereocenters. The summed E-state index contributed by atoms with van der Waals surface area (Å²) in [6.07, 6.45) is 11.3. The van der Waals surface area contributed by atoms with Gasteiger partial charge in [-0.2, -0.15) is 5.10 Å².